The first kappa shape index (κ1) is 19.9. The summed E-state index contributed by atoms with van der Waals surface area (Å²) in [7, 11) is 1.72. The maximum Gasteiger partial charge on any atom is 0.416 e. The van der Waals surface area contributed by atoms with Crippen LogP contribution >= 0.6 is 0 Å². The van der Waals surface area contributed by atoms with Crippen LogP contribution in [0, 0.1) is 11.8 Å². The van der Waals surface area contributed by atoms with E-state index >= 15 is 0 Å². The number of aromatic nitrogens is 6. The normalized spacial score (nSPS) is 22.2. The first-order chi connectivity index (χ1) is 15.8. The van der Waals surface area contributed by atoms with E-state index in [4.69, 9.17) is 4.52 Å². The van der Waals surface area contributed by atoms with Crippen molar-refractivity contribution in [3.63, 3.8) is 0 Å². The molecule has 170 valence electrons. The second kappa shape index (κ2) is 6.90. The van der Waals surface area contributed by atoms with Crippen LogP contribution in [0.3, 0.4) is 0 Å². The van der Waals surface area contributed by atoms with E-state index in [0.717, 1.165) is 6.07 Å². The second-order valence-corrected chi connectivity index (χ2v) is 8.56. The van der Waals surface area contributed by atoms with Crippen molar-refractivity contribution >= 4 is 16.9 Å². The number of imidazole rings is 1. The molecule has 0 radical (unpaired) electrons. The summed E-state index contributed by atoms with van der Waals surface area (Å²) in [5.74, 6) is 1.51. The first-order valence-corrected chi connectivity index (χ1v) is 10.4. The van der Waals surface area contributed by atoms with E-state index in [-0.39, 0.29) is 29.9 Å². The third kappa shape index (κ3) is 3.28. The minimum Gasteiger partial charge on any atom is -0.371 e. The monoisotopic (exact) mass is 457 g/mol. The highest BCUT2D eigenvalue weighted by molar-refractivity contribution is 5.68. The summed E-state index contributed by atoms with van der Waals surface area (Å²) in [6, 6.07) is 5.41. The maximum absolute atomic E-state index is 13.0. The van der Waals surface area contributed by atoms with Crippen molar-refractivity contribution in [2.75, 3.05) is 18.0 Å². The predicted octanol–water partition coefficient (Wildman–Crippen LogP) is 2.43. The molecule has 1 saturated heterocycles. The van der Waals surface area contributed by atoms with Crippen LogP contribution in [-0.2, 0) is 19.8 Å². The maximum atomic E-state index is 13.0. The Morgan fingerprint density at radius 1 is 1.15 bits per heavy atom. The number of rotatable bonds is 4. The lowest BCUT2D eigenvalue weighted by Gasteiger charge is -2.22. The molecule has 2 atom stereocenters. The van der Waals surface area contributed by atoms with Gasteiger partial charge in [0.25, 0.3) is 5.56 Å². The van der Waals surface area contributed by atoms with E-state index in [9.17, 15) is 18.0 Å². The Morgan fingerprint density at radius 2 is 1.91 bits per heavy atom. The van der Waals surface area contributed by atoms with Crippen molar-refractivity contribution in [1.29, 1.82) is 0 Å². The number of halogens is 3. The lowest BCUT2D eigenvalue weighted by atomic mass is 10.1. The highest BCUT2D eigenvalue weighted by atomic mass is 19.4. The Morgan fingerprint density at radius 3 is 2.67 bits per heavy atom. The Bertz CT molecular complexity index is 1410. The van der Waals surface area contributed by atoms with Crippen LogP contribution in [0.1, 0.15) is 23.2 Å². The number of aryl methyl sites for hydroxylation is 1. The fraction of sp³-hybridized carbons (Fsp3) is 0.381. The number of anilines is 1. The lowest BCUT2D eigenvalue weighted by molar-refractivity contribution is -0.137. The van der Waals surface area contributed by atoms with Crippen molar-refractivity contribution < 1.29 is 17.7 Å². The lowest BCUT2D eigenvalue weighted by Crippen LogP contribution is -2.24. The number of hydrogen-bond donors (Lipinski definition) is 0. The standard InChI is InChI=1S/C21H18F3N7O2/c1-29-9-25-19-17(29)20(32)31(10-26-19)8-15-27-18(28-33-15)16-13-6-30(7-14(13)16)12-4-2-3-11(5-12)21(22,23)24/h2-5,9-10,13-14,16H,6-8H2,1H3. The molecule has 2 aliphatic rings. The molecule has 0 N–H and O–H groups in total. The summed E-state index contributed by atoms with van der Waals surface area (Å²) < 4.78 is 47.4. The van der Waals surface area contributed by atoms with Gasteiger partial charge in [-0.25, -0.2) is 9.97 Å². The Kier molecular flexibility index (Phi) is 4.17. The van der Waals surface area contributed by atoms with Gasteiger partial charge in [-0.2, -0.15) is 18.2 Å². The van der Waals surface area contributed by atoms with Crippen LogP contribution in [0.25, 0.3) is 11.2 Å². The molecule has 2 unspecified atom stereocenters. The molecule has 1 aliphatic heterocycles. The first-order valence-electron chi connectivity index (χ1n) is 10.4. The number of hydrogen-bond acceptors (Lipinski definition) is 7. The zero-order valence-corrected chi connectivity index (χ0v) is 17.4. The number of nitrogens with zero attached hydrogens (tertiary/aromatic N) is 7. The molecule has 33 heavy (non-hydrogen) atoms. The fourth-order valence-corrected chi connectivity index (χ4v) is 4.80. The molecule has 1 aliphatic carbocycles. The predicted molar refractivity (Wildman–Crippen MR) is 110 cm³/mol. The summed E-state index contributed by atoms with van der Waals surface area (Å²) in [4.78, 5) is 27.4. The van der Waals surface area contributed by atoms with Crippen molar-refractivity contribution in [2.24, 2.45) is 18.9 Å². The molecule has 0 amide bonds. The molecule has 4 heterocycles. The highest BCUT2D eigenvalue weighted by Gasteiger charge is 2.58. The number of alkyl halides is 3. The molecule has 6 rings (SSSR count). The van der Waals surface area contributed by atoms with E-state index < -0.39 is 11.7 Å². The van der Waals surface area contributed by atoms with Gasteiger partial charge in [0.2, 0.25) is 5.89 Å². The molecule has 0 bridgehead atoms. The molecular weight excluding hydrogens is 439 g/mol. The zero-order valence-electron chi connectivity index (χ0n) is 17.4. The molecule has 1 saturated carbocycles. The van der Waals surface area contributed by atoms with Crippen LogP contribution in [0.15, 0.2) is 46.2 Å². The molecule has 0 spiro atoms. The van der Waals surface area contributed by atoms with Crippen LogP contribution in [-0.4, -0.2) is 42.3 Å². The SMILES string of the molecule is Cn1cnc2ncn(Cc3nc(C4C5CN(c6cccc(C(F)(F)F)c6)CC54)no3)c(=O)c21. The molecule has 2 fully saturated rings. The van der Waals surface area contributed by atoms with Crippen molar-refractivity contribution in [1.82, 2.24) is 29.2 Å². The van der Waals surface area contributed by atoms with Crippen LogP contribution in [0.5, 0.6) is 0 Å². The second-order valence-electron chi connectivity index (χ2n) is 8.56. The van der Waals surface area contributed by atoms with E-state index in [1.165, 1.54) is 29.4 Å². The molecule has 1 aromatic carbocycles. The Labute approximate surface area is 184 Å². The van der Waals surface area contributed by atoms with E-state index in [2.05, 4.69) is 20.1 Å². The molecule has 3 aromatic heterocycles. The minimum atomic E-state index is -4.36. The van der Waals surface area contributed by atoms with Gasteiger partial charge in [0, 0.05) is 31.7 Å². The van der Waals surface area contributed by atoms with Gasteiger partial charge in [-0.1, -0.05) is 11.2 Å². The van der Waals surface area contributed by atoms with Gasteiger partial charge in [-0.3, -0.25) is 9.36 Å². The molecule has 4 aromatic rings. The summed E-state index contributed by atoms with van der Waals surface area (Å²) in [5.41, 5.74) is 0.445. The number of piperidine rings is 1. The van der Waals surface area contributed by atoms with Crippen molar-refractivity contribution in [3.8, 4) is 0 Å². The third-order valence-electron chi connectivity index (χ3n) is 6.52. The topological polar surface area (TPSA) is 94.9 Å². The fourth-order valence-electron chi connectivity index (χ4n) is 4.80. The van der Waals surface area contributed by atoms with Gasteiger partial charge in [0.15, 0.2) is 17.0 Å². The average molecular weight is 457 g/mol. The summed E-state index contributed by atoms with van der Waals surface area (Å²) >= 11 is 0. The number of benzene rings is 1. The highest BCUT2D eigenvalue weighted by Crippen LogP contribution is 2.58. The van der Waals surface area contributed by atoms with Gasteiger partial charge in [0.05, 0.1) is 11.9 Å². The van der Waals surface area contributed by atoms with Crippen LogP contribution < -0.4 is 10.5 Å². The quantitative estimate of drug-likeness (QED) is 0.465. The molecule has 9 nitrogen and oxygen atoms in total. The average Bonchev–Trinajstić information content (AvgIpc) is 3.20. The van der Waals surface area contributed by atoms with Gasteiger partial charge in [-0.05, 0) is 30.0 Å². The summed E-state index contributed by atoms with van der Waals surface area (Å²) in [5, 5.41) is 4.09. The van der Waals surface area contributed by atoms with Gasteiger partial charge >= 0.3 is 6.18 Å². The van der Waals surface area contributed by atoms with E-state index in [1.807, 2.05) is 4.90 Å². The summed E-state index contributed by atoms with van der Waals surface area (Å²) in [6.07, 6.45) is -1.43. The van der Waals surface area contributed by atoms with E-state index in [1.54, 1.807) is 17.7 Å². The van der Waals surface area contributed by atoms with Crippen molar-refractivity contribution in [2.45, 2.75) is 18.6 Å². The largest absolute Gasteiger partial charge is 0.416 e. The molecule has 12 heteroatoms. The number of fused-ring (bicyclic) bond motifs is 2. The molecular formula is C21H18F3N7O2. The Balaban J connectivity index is 1.15. The third-order valence-corrected chi connectivity index (χ3v) is 6.52. The van der Waals surface area contributed by atoms with Crippen LogP contribution in [0.4, 0.5) is 18.9 Å². The van der Waals surface area contributed by atoms with E-state index in [0.29, 0.717) is 41.7 Å². The van der Waals surface area contributed by atoms with Gasteiger partial charge in [-0.15, -0.1) is 0 Å². The zero-order chi connectivity index (χ0) is 22.9. The summed E-state index contributed by atoms with van der Waals surface area (Å²) in [6.45, 7) is 1.38. The van der Waals surface area contributed by atoms with Crippen molar-refractivity contribution in [3.05, 3.63) is 64.6 Å². The van der Waals surface area contributed by atoms with Crippen LogP contribution in [0.2, 0.25) is 0 Å². The Hall–Kier alpha value is -3.70. The minimum absolute atomic E-state index is 0.0956. The van der Waals surface area contributed by atoms with Gasteiger partial charge in [0.1, 0.15) is 12.9 Å². The smallest absolute Gasteiger partial charge is 0.371 e. The van der Waals surface area contributed by atoms with Gasteiger partial charge < -0.3 is 14.0 Å².